The molecule has 1 aromatic rings. The van der Waals surface area contributed by atoms with Crippen molar-refractivity contribution < 1.29 is 31.9 Å². The number of likely N-dealkylation sites (tertiary alicyclic amines) is 1. The van der Waals surface area contributed by atoms with Crippen molar-refractivity contribution in [3.63, 3.8) is 0 Å². The van der Waals surface area contributed by atoms with Crippen molar-refractivity contribution in [2.75, 3.05) is 19.7 Å². The predicted molar refractivity (Wildman–Crippen MR) is 109 cm³/mol. The molecular weight excluding hydrogens is 414 g/mol. The van der Waals surface area contributed by atoms with Crippen LogP contribution >= 0.6 is 0 Å². The van der Waals surface area contributed by atoms with Crippen LogP contribution < -0.4 is 0 Å². The monoisotopic (exact) mass is 445 g/mol. The number of carbonyl (C=O) groups is 2. The lowest BCUT2D eigenvalue weighted by atomic mass is 9.96. The van der Waals surface area contributed by atoms with Gasteiger partial charge in [-0.3, -0.25) is 9.59 Å². The minimum Gasteiger partial charge on any atom is -0.465 e. The van der Waals surface area contributed by atoms with Gasteiger partial charge in [-0.05, 0) is 31.4 Å². The average Bonchev–Trinajstić information content (AvgIpc) is 2.74. The molecule has 1 amide bonds. The van der Waals surface area contributed by atoms with Crippen molar-refractivity contribution in [3.8, 4) is 0 Å². The zero-order valence-corrected chi connectivity index (χ0v) is 18.0. The molecule has 0 N–H and O–H groups in total. The molecular formula is C23H31F4NO3. The van der Waals surface area contributed by atoms with E-state index < -0.39 is 29.0 Å². The SMILES string of the molecule is CCCCCCCCCOC(=O)C1CCN(C(=O)c2cccc(C(F)(F)F)c2F)CC1. The lowest BCUT2D eigenvalue weighted by molar-refractivity contribution is -0.150. The molecule has 0 unspecified atom stereocenters. The first-order valence-electron chi connectivity index (χ1n) is 11.1. The topological polar surface area (TPSA) is 46.6 Å². The number of hydrogen-bond acceptors (Lipinski definition) is 3. The molecule has 1 aromatic carbocycles. The molecule has 1 saturated heterocycles. The minimum atomic E-state index is -4.87. The number of esters is 1. The Kier molecular flexibility index (Phi) is 9.78. The van der Waals surface area contributed by atoms with E-state index in [0.29, 0.717) is 25.5 Å². The second-order valence-corrected chi connectivity index (χ2v) is 8.02. The number of carbonyl (C=O) groups excluding carboxylic acids is 2. The first kappa shape index (κ1) is 25.1. The highest BCUT2D eigenvalue weighted by Crippen LogP contribution is 2.33. The van der Waals surface area contributed by atoms with Crippen LogP contribution in [0.15, 0.2) is 18.2 Å². The van der Waals surface area contributed by atoms with E-state index in [1.54, 1.807) is 0 Å². The maximum absolute atomic E-state index is 14.2. The quantitative estimate of drug-likeness (QED) is 0.252. The van der Waals surface area contributed by atoms with Crippen LogP contribution in [0.1, 0.15) is 80.6 Å². The van der Waals surface area contributed by atoms with E-state index in [2.05, 4.69) is 6.92 Å². The maximum atomic E-state index is 14.2. The molecule has 31 heavy (non-hydrogen) atoms. The standard InChI is InChI=1S/C23H31F4NO3/c1-2-3-4-5-6-7-8-16-31-22(30)17-12-14-28(15-13-17)21(29)18-10-9-11-19(20(18)24)23(25,26)27/h9-11,17H,2-8,12-16H2,1H3. The summed E-state index contributed by atoms with van der Waals surface area (Å²) in [4.78, 5) is 26.0. The lowest BCUT2D eigenvalue weighted by Gasteiger charge is -2.31. The zero-order valence-electron chi connectivity index (χ0n) is 18.0. The number of hydrogen-bond donors (Lipinski definition) is 0. The third kappa shape index (κ3) is 7.51. The Hall–Kier alpha value is -2.12. The summed E-state index contributed by atoms with van der Waals surface area (Å²) < 4.78 is 58.2. The van der Waals surface area contributed by atoms with E-state index in [4.69, 9.17) is 4.74 Å². The van der Waals surface area contributed by atoms with Crippen LogP contribution in [0.4, 0.5) is 17.6 Å². The first-order chi connectivity index (χ1) is 14.8. The number of rotatable bonds is 10. The number of unbranched alkanes of at least 4 members (excludes halogenated alkanes) is 6. The molecule has 1 heterocycles. The maximum Gasteiger partial charge on any atom is 0.419 e. The molecule has 0 radical (unpaired) electrons. The van der Waals surface area contributed by atoms with Gasteiger partial charge in [0.1, 0.15) is 5.82 Å². The number of amides is 1. The molecule has 2 rings (SSSR count). The number of benzene rings is 1. The highest BCUT2D eigenvalue weighted by atomic mass is 19.4. The van der Waals surface area contributed by atoms with Crippen molar-refractivity contribution in [1.29, 1.82) is 0 Å². The van der Waals surface area contributed by atoms with Gasteiger partial charge in [-0.2, -0.15) is 13.2 Å². The number of piperidine rings is 1. The number of alkyl halides is 3. The summed E-state index contributed by atoms with van der Waals surface area (Å²) >= 11 is 0. The summed E-state index contributed by atoms with van der Waals surface area (Å²) in [7, 11) is 0. The Labute approximate surface area is 180 Å². The van der Waals surface area contributed by atoms with Gasteiger partial charge in [0.25, 0.3) is 5.91 Å². The van der Waals surface area contributed by atoms with Crippen molar-refractivity contribution in [1.82, 2.24) is 4.90 Å². The van der Waals surface area contributed by atoms with Gasteiger partial charge in [-0.25, -0.2) is 4.39 Å². The van der Waals surface area contributed by atoms with E-state index in [-0.39, 0.29) is 25.0 Å². The molecule has 0 aromatic heterocycles. The number of nitrogens with zero attached hydrogens (tertiary/aromatic N) is 1. The van der Waals surface area contributed by atoms with Crippen molar-refractivity contribution >= 4 is 11.9 Å². The second kappa shape index (κ2) is 12.1. The number of halogens is 4. The molecule has 1 aliphatic rings. The fraction of sp³-hybridized carbons (Fsp3) is 0.652. The normalized spacial score (nSPS) is 15.2. The van der Waals surface area contributed by atoms with Crippen LogP contribution in [0.25, 0.3) is 0 Å². The Bertz CT molecular complexity index is 728. The van der Waals surface area contributed by atoms with Crippen molar-refractivity contribution in [2.45, 2.75) is 70.9 Å². The van der Waals surface area contributed by atoms with Crippen LogP contribution in [0, 0.1) is 11.7 Å². The van der Waals surface area contributed by atoms with E-state index >= 15 is 0 Å². The van der Waals surface area contributed by atoms with Gasteiger partial charge in [-0.15, -0.1) is 0 Å². The summed E-state index contributed by atoms with van der Waals surface area (Å²) in [6.45, 7) is 2.89. The summed E-state index contributed by atoms with van der Waals surface area (Å²) in [5.41, 5.74) is -2.06. The largest absolute Gasteiger partial charge is 0.465 e. The zero-order chi connectivity index (χ0) is 22.9. The van der Waals surface area contributed by atoms with E-state index in [1.807, 2.05) is 0 Å². The van der Waals surface area contributed by atoms with Gasteiger partial charge in [0, 0.05) is 13.1 Å². The van der Waals surface area contributed by atoms with E-state index in [0.717, 1.165) is 31.4 Å². The number of ether oxygens (including phenoxy) is 1. The smallest absolute Gasteiger partial charge is 0.419 e. The van der Waals surface area contributed by atoms with Crippen LogP contribution in [-0.2, 0) is 15.7 Å². The van der Waals surface area contributed by atoms with Gasteiger partial charge in [0.2, 0.25) is 0 Å². The summed E-state index contributed by atoms with van der Waals surface area (Å²) in [6, 6.07) is 2.68. The Morgan fingerprint density at radius 3 is 2.26 bits per heavy atom. The molecule has 0 atom stereocenters. The molecule has 4 nitrogen and oxygen atoms in total. The molecule has 8 heteroatoms. The van der Waals surface area contributed by atoms with Crippen LogP contribution in [0.2, 0.25) is 0 Å². The minimum absolute atomic E-state index is 0.172. The van der Waals surface area contributed by atoms with Crippen molar-refractivity contribution in [3.05, 3.63) is 35.1 Å². The fourth-order valence-corrected chi connectivity index (χ4v) is 3.75. The summed E-state index contributed by atoms with van der Waals surface area (Å²) in [5, 5.41) is 0. The average molecular weight is 445 g/mol. The second-order valence-electron chi connectivity index (χ2n) is 8.02. The third-order valence-electron chi connectivity index (χ3n) is 5.64. The lowest BCUT2D eigenvalue weighted by Crippen LogP contribution is -2.41. The molecule has 0 saturated carbocycles. The third-order valence-corrected chi connectivity index (χ3v) is 5.64. The van der Waals surface area contributed by atoms with Crippen LogP contribution in [0.5, 0.6) is 0 Å². The Morgan fingerprint density at radius 2 is 1.65 bits per heavy atom. The molecule has 1 aliphatic heterocycles. The fourth-order valence-electron chi connectivity index (χ4n) is 3.75. The highest BCUT2D eigenvalue weighted by Gasteiger charge is 2.37. The summed E-state index contributed by atoms with van der Waals surface area (Å²) in [6.07, 6.45) is 3.68. The van der Waals surface area contributed by atoms with Crippen LogP contribution in [0.3, 0.4) is 0 Å². The molecule has 174 valence electrons. The Balaban J connectivity index is 1.76. The molecule has 0 spiro atoms. The molecule has 1 fully saturated rings. The van der Waals surface area contributed by atoms with Crippen molar-refractivity contribution in [2.24, 2.45) is 5.92 Å². The Morgan fingerprint density at radius 1 is 1.03 bits per heavy atom. The summed E-state index contributed by atoms with van der Waals surface area (Å²) in [5.74, 6) is -3.00. The van der Waals surface area contributed by atoms with Gasteiger partial charge in [-0.1, -0.05) is 51.5 Å². The van der Waals surface area contributed by atoms with Gasteiger partial charge in [0.05, 0.1) is 23.7 Å². The highest BCUT2D eigenvalue weighted by molar-refractivity contribution is 5.95. The van der Waals surface area contributed by atoms with E-state index in [9.17, 15) is 27.2 Å². The van der Waals surface area contributed by atoms with Gasteiger partial charge < -0.3 is 9.64 Å². The van der Waals surface area contributed by atoms with Crippen LogP contribution in [-0.4, -0.2) is 36.5 Å². The van der Waals surface area contributed by atoms with Gasteiger partial charge >= 0.3 is 12.1 Å². The molecule has 0 bridgehead atoms. The molecule has 0 aliphatic carbocycles. The van der Waals surface area contributed by atoms with Gasteiger partial charge in [0.15, 0.2) is 0 Å². The predicted octanol–water partition coefficient (Wildman–Crippen LogP) is 5.99. The van der Waals surface area contributed by atoms with E-state index in [1.165, 1.54) is 30.6 Å². The first-order valence-corrected chi connectivity index (χ1v) is 11.1.